The van der Waals surface area contributed by atoms with E-state index in [1.807, 2.05) is 30.9 Å². The molecule has 2 heterocycles. The van der Waals surface area contributed by atoms with Crippen molar-refractivity contribution in [3.05, 3.63) is 46.3 Å². The number of rotatable bonds is 6. The quantitative estimate of drug-likeness (QED) is 0.727. The van der Waals surface area contributed by atoms with E-state index in [0.29, 0.717) is 16.6 Å². The zero-order valence-corrected chi connectivity index (χ0v) is 15.0. The molecule has 8 heteroatoms. The first-order valence-electron chi connectivity index (χ1n) is 7.53. The first-order chi connectivity index (χ1) is 11.5. The zero-order valence-electron chi connectivity index (χ0n) is 13.5. The molecule has 0 spiro atoms. The molecular weight excluding hydrogens is 347 g/mol. The third-order valence-electron chi connectivity index (χ3n) is 3.62. The molecule has 0 aliphatic rings. The average molecular weight is 365 g/mol. The summed E-state index contributed by atoms with van der Waals surface area (Å²) in [5.74, 6) is 0.787. The van der Waals surface area contributed by atoms with Crippen LogP contribution in [0.4, 0.5) is 5.82 Å². The van der Waals surface area contributed by atoms with Gasteiger partial charge in [0.1, 0.15) is 12.1 Å². The molecule has 2 aromatic heterocycles. The lowest BCUT2D eigenvalue weighted by Crippen LogP contribution is -2.21. The molecule has 6 nitrogen and oxygen atoms in total. The minimum atomic E-state index is 0.521. The van der Waals surface area contributed by atoms with Crippen molar-refractivity contribution < 1.29 is 0 Å². The van der Waals surface area contributed by atoms with Crippen LogP contribution in [0.3, 0.4) is 0 Å². The van der Waals surface area contributed by atoms with E-state index in [0.717, 1.165) is 35.5 Å². The summed E-state index contributed by atoms with van der Waals surface area (Å²) < 4.78 is 1.81. The van der Waals surface area contributed by atoms with E-state index in [1.54, 1.807) is 18.6 Å². The molecule has 0 bridgehead atoms. The Labute approximate surface area is 150 Å². The van der Waals surface area contributed by atoms with Gasteiger partial charge in [-0.3, -0.25) is 0 Å². The van der Waals surface area contributed by atoms with Gasteiger partial charge < -0.3 is 10.2 Å². The lowest BCUT2D eigenvalue weighted by Gasteiger charge is -2.11. The maximum Gasteiger partial charge on any atom is 0.163 e. The van der Waals surface area contributed by atoms with Crippen LogP contribution in [0.2, 0.25) is 10.0 Å². The number of hydrogen-bond donors (Lipinski definition) is 1. The Morgan fingerprint density at radius 1 is 1.21 bits per heavy atom. The Hall–Kier alpha value is -1.89. The Kier molecular flexibility index (Phi) is 5.18. The van der Waals surface area contributed by atoms with Gasteiger partial charge in [0.05, 0.1) is 18.1 Å². The highest BCUT2D eigenvalue weighted by Gasteiger charge is 2.11. The molecule has 24 heavy (non-hydrogen) atoms. The topological polar surface area (TPSA) is 58.9 Å². The largest absolute Gasteiger partial charge is 0.368 e. The molecule has 3 aromatic rings. The lowest BCUT2D eigenvalue weighted by atomic mass is 10.2. The smallest absolute Gasteiger partial charge is 0.163 e. The number of benzene rings is 1. The van der Waals surface area contributed by atoms with Crippen LogP contribution >= 0.6 is 23.2 Å². The normalized spacial score (nSPS) is 11.4. The van der Waals surface area contributed by atoms with Crippen LogP contribution in [0.5, 0.6) is 0 Å². The molecule has 126 valence electrons. The van der Waals surface area contributed by atoms with Gasteiger partial charge in [0.15, 0.2) is 5.65 Å². The molecule has 3 rings (SSSR count). The lowest BCUT2D eigenvalue weighted by molar-refractivity contribution is 0.425. The second kappa shape index (κ2) is 7.34. The summed E-state index contributed by atoms with van der Waals surface area (Å²) in [6.07, 6.45) is 3.32. The zero-order chi connectivity index (χ0) is 17.1. The van der Waals surface area contributed by atoms with Crippen LogP contribution in [0, 0.1) is 0 Å². The number of nitrogens with zero attached hydrogens (tertiary/aromatic N) is 5. The maximum atomic E-state index is 6.25. The standard InChI is InChI=1S/C16H18Cl2N6/c1-23(2)6-5-19-15-13-8-22-24(16(13)21-10-20-15)9-11-3-4-12(17)7-14(11)18/h3-4,7-8,10H,5-6,9H2,1-2H3,(H,19,20,21). The minimum absolute atomic E-state index is 0.521. The van der Waals surface area contributed by atoms with Crippen LogP contribution < -0.4 is 5.32 Å². The van der Waals surface area contributed by atoms with Crippen LogP contribution in [-0.4, -0.2) is 51.8 Å². The van der Waals surface area contributed by atoms with Crippen LogP contribution in [-0.2, 0) is 6.54 Å². The fraction of sp³-hybridized carbons (Fsp3) is 0.312. The van der Waals surface area contributed by atoms with Gasteiger partial charge in [0, 0.05) is 23.1 Å². The molecule has 0 amide bonds. The first kappa shape index (κ1) is 17.0. The van der Waals surface area contributed by atoms with Crippen LogP contribution in [0.1, 0.15) is 5.56 Å². The number of nitrogens with one attached hydrogen (secondary N) is 1. The van der Waals surface area contributed by atoms with Crippen molar-refractivity contribution >= 4 is 40.1 Å². The van der Waals surface area contributed by atoms with Gasteiger partial charge in [-0.1, -0.05) is 29.3 Å². The molecule has 0 saturated carbocycles. The van der Waals surface area contributed by atoms with Crippen molar-refractivity contribution in [3.63, 3.8) is 0 Å². The van der Waals surface area contributed by atoms with Crippen LogP contribution in [0.25, 0.3) is 11.0 Å². The summed E-state index contributed by atoms with van der Waals surface area (Å²) in [5.41, 5.74) is 1.70. The van der Waals surface area contributed by atoms with Gasteiger partial charge in [-0.15, -0.1) is 0 Å². The number of halogens is 2. The summed E-state index contributed by atoms with van der Waals surface area (Å²) in [6, 6.07) is 5.45. The number of fused-ring (bicyclic) bond motifs is 1. The molecule has 1 N–H and O–H groups in total. The molecule has 0 aliphatic carbocycles. The molecule has 0 aliphatic heterocycles. The molecule has 0 unspecified atom stereocenters. The molecule has 0 fully saturated rings. The molecule has 0 radical (unpaired) electrons. The van der Waals surface area contributed by atoms with E-state index in [9.17, 15) is 0 Å². The van der Waals surface area contributed by atoms with Gasteiger partial charge in [-0.25, -0.2) is 14.6 Å². The Morgan fingerprint density at radius 3 is 2.79 bits per heavy atom. The van der Waals surface area contributed by atoms with Crippen molar-refractivity contribution in [2.24, 2.45) is 0 Å². The SMILES string of the molecule is CN(C)CCNc1ncnc2c1cnn2Cc1ccc(Cl)cc1Cl. The number of likely N-dealkylation sites (N-methyl/N-ethyl adjacent to an activating group) is 1. The summed E-state index contributed by atoms with van der Waals surface area (Å²) in [5, 5.41) is 9.88. The highest BCUT2D eigenvalue weighted by molar-refractivity contribution is 6.35. The van der Waals surface area contributed by atoms with Gasteiger partial charge in [-0.05, 0) is 31.8 Å². The first-order valence-corrected chi connectivity index (χ1v) is 8.29. The Morgan fingerprint density at radius 2 is 2.04 bits per heavy atom. The monoisotopic (exact) mass is 364 g/mol. The molecule has 0 atom stereocenters. The van der Waals surface area contributed by atoms with E-state index >= 15 is 0 Å². The van der Waals surface area contributed by atoms with E-state index in [2.05, 4.69) is 25.3 Å². The third-order valence-corrected chi connectivity index (χ3v) is 4.21. The highest BCUT2D eigenvalue weighted by Crippen LogP contribution is 2.24. The van der Waals surface area contributed by atoms with Crippen molar-refractivity contribution in [3.8, 4) is 0 Å². The van der Waals surface area contributed by atoms with E-state index in [-0.39, 0.29) is 0 Å². The predicted molar refractivity (Wildman–Crippen MR) is 97.9 cm³/mol. The molecule has 1 aromatic carbocycles. The second-order valence-electron chi connectivity index (χ2n) is 5.73. The Balaban J connectivity index is 1.85. The van der Waals surface area contributed by atoms with E-state index in [1.165, 1.54) is 0 Å². The van der Waals surface area contributed by atoms with Gasteiger partial charge >= 0.3 is 0 Å². The van der Waals surface area contributed by atoms with Crippen LogP contribution in [0.15, 0.2) is 30.7 Å². The van der Waals surface area contributed by atoms with Gasteiger partial charge in [0.2, 0.25) is 0 Å². The summed E-state index contributed by atoms with van der Waals surface area (Å²) >= 11 is 12.2. The minimum Gasteiger partial charge on any atom is -0.368 e. The molecular formula is C16H18Cl2N6. The fourth-order valence-corrected chi connectivity index (χ4v) is 2.83. The van der Waals surface area contributed by atoms with E-state index in [4.69, 9.17) is 23.2 Å². The summed E-state index contributed by atoms with van der Waals surface area (Å²) in [7, 11) is 4.07. The van der Waals surface area contributed by atoms with Gasteiger partial charge in [-0.2, -0.15) is 5.10 Å². The number of anilines is 1. The number of aromatic nitrogens is 4. The maximum absolute atomic E-state index is 6.25. The average Bonchev–Trinajstić information content (AvgIpc) is 2.94. The highest BCUT2D eigenvalue weighted by atomic mass is 35.5. The fourth-order valence-electron chi connectivity index (χ4n) is 2.36. The number of hydrogen-bond acceptors (Lipinski definition) is 5. The van der Waals surface area contributed by atoms with Crippen molar-refractivity contribution in [1.82, 2.24) is 24.6 Å². The van der Waals surface area contributed by atoms with Crippen molar-refractivity contribution in [1.29, 1.82) is 0 Å². The summed E-state index contributed by atoms with van der Waals surface area (Å²) in [4.78, 5) is 10.8. The van der Waals surface area contributed by atoms with E-state index < -0.39 is 0 Å². The third kappa shape index (κ3) is 3.77. The van der Waals surface area contributed by atoms with Crippen molar-refractivity contribution in [2.45, 2.75) is 6.54 Å². The second-order valence-corrected chi connectivity index (χ2v) is 6.57. The predicted octanol–water partition coefficient (Wildman–Crippen LogP) is 3.15. The summed E-state index contributed by atoms with van der Waals surface area (Å²) in [6.45, 7) is 2.24. The van der Waals surface area contributed by atoms with Gasteiger partial charge in [0.25, 0.3) is 0 Å². The Bertz CT molecular complexity index is 846. The van der Waals surface area contributed by atoms with Crippen molar-refractivity contribution in [2.75, 3.05) is 32.5 Å². The molecule has 0 saturated heterocycles.